The summed E-state index contributed by atoms with van der Waals surface area (Å²) < 4.78 is 11.3. The summed E-state index contributed by atoms with van der Waals surface area (Å²) in [7, 11) is 1.22. The lowest BCUT2D eigenvalue weighted by atomic mass is 10.1. The monoisotopic (exact) mass is 319 g/mol. The van der Waals surface area contributed by atoms with Crippen LogP contribution in [0.3, 0.4) is 0 Å². The van der Waals surface area contributed by atoms with Crippen molar-refractivity contribution in [2.45, 2.75) is 38.9 Å². The molecule has 0 aliphatic carbocycles. The zero-order valence-corrected chi connectivity index (χ0v) is 13.7. The molecular weight excluding hydrogens is 298 g/mol. The molecule has 1 aromatic carbocycles. The number of para-hydroxylation sites is 1. The number of nitrogens with zero attached hydrogens (tertiary/aromatic N) is 1. The van der Waals surface area contributed by atoms with Crippen LogP contribution >= 0.6 is 0 Å². The number of ether oxygens (including phenoxy) is 2. The van der Waals surface area contributed by atoms with E-state index < -0.39 is 23.8 Å². The molecule has 2 rings (SSSR count). The Morgan fingerprint density at radius 2 is 1.91 bits per heavy atom. The van der Waals surface area contributed by atoms with E-state index in [0.29, 0.717) is 11.1 Å². The first kappa shape index (κ1) is 17.0. The minimum absolute atomic E-state index is 0.0585. The number of aromatic nitrogens is 1. The molecule has 0 aliphatic heterocycles. The molecule has 0 bridgehead atoms. The van der Waals surface area contributed by atoms with Crippen LogP contribution in [-0.4, -0.2) is 40.6 Å². The standard InChI is InChI=1S/C17H21NO5/c1-17(2,3)23-16(21)18-10-11(9-14(19)15(20)22-4)12-7-5-6-8-13(12)18/h5-8,10,14,19H,9H2,1-4H3. The zero-order chi connectivity index (χ0) is 17.2. The van der Waals surface area contributed by atoms with Gasteiger partial charge in [-0.1, -0.05) is 18.2 Å². The zero-order valence-electron chi connectivity index (χ0n) is 13.7. The van der Waals surface area contributed by atoms with Crippen molar-refractivity contribution in [3.8, 4) is 0 Å². The second-order valence-electron chi connectivity index (χ2n) is 6.26. The van der Waals surface area contributed by atoms with Crippen molar-refractivity contribution in [2.75, 3.05) is 7.11 Å². The highest BCUT2D eigenvalue weighted by Crippen LogP contribution is 2.24. The number of aliphatic hydroxyl groups excluding tert-OH is 1. The second kappa shape index (κ2) is 6.42. The Labute approximate surface area is 134 Å². The number of carbonyl (C=O) groups is 2. The largest absolute Gasteiger partial charge is 0.467 e. The van der Waals surface area contributed by atoms with E-state index in [4.69, 9.17) is 4.74 Å². The number of carbonyl (C=O) groups excluding carboxylic acids is 2. The van der Waals surface area contributed by atoms with E-state index in [0.717, 1.165) is 5.39 Å². The Morgan fingerprint density at radius 3 is 2.52 bits per heavy atom. The third-order valence-electron chi connectivity index (χ3n) is 3.27. The SMILES string of the molecule is COC(=O)C(O)Cc1cn(C(=O)OC(C)(C)C)c2ccccc12. The molecule has 6 heteroatoms. The molecule has 0 spiro atoms. The summed E-state index contributed by atoms with van der Waals surface area (Å²) in [5.41, 5.74) is 0.715. The number of methoxy groups -OCH3 is 1. The maximum Gasteiger partial charge on any atom is 0.419 e. The van der Waals surface area contributed by atoms with Crippen LogP contribution < -0.4 is 0 Å². The van der Waals surface area contributed by atoms with Gasteiger partial charge in [-0.25, -0.2) is 9.59 Å². The lowest BCUT2D eigenvalue weighted by Gasteiger charge is -2.19. The molecule has 1 unspecified atom stereocenters. The third-order valence-corrected chi connectivity index (χ3v) is 3.27. The Hall–Kier alpha value is -2.34. The van der Waals surface area contributed by atoms with Gasteiger partial charge in [-0.2, -0.15) is 0 Å². The summed E-state index contributed by atoms with van der Waals surface area (Å²) in [6.07, 6.45) is -0.140. The van der Waals surface area contributed by atoms with E-state index in [-0.39, 0.29) is 6.42 Å². The number of benzene rings is 1. The van der Waals surface area contributed by atoms with Crippen molar-refractivity contribution in [3.05, 3.63) is 36.0 Å². The van der Waals surface area contributed by atoms with E-state index in [2.05, 4.69) is 4.74 Å². The first-order valence-corrected chi connectivity index (χ1v) is 7.31. The molecule has 2 aromatic rings. The van der Waals surface area contributed by atoms with Gasteiger partial charge >= 0.3 is 12.1 Å². The predicted octanol–water partition coefficient (Wildman–Crippen LogP) is 2.50. The quantitative estimate of drug-likeness (QED) is 0.880. The molecule has 0 saturated carbocycles. The number of fused-ring (bicyclic) bond motifs is 1. The van der Waals surface area contributed by atoms with Crippen LogP contribution in [-0.2, 0) is 20.7 Å². The van der Waals surface area contributed by atoms with Crippen LogP contribution in [0.1, 0.15) is 26.3 Å². The Kier molecular flexibility index (Phi) is 4.75. The van der Waals surface area contributed by atoms with Gasteiger partial charge in [-0.15, -0.1) is 0 Å². The van der Waals surface area contributed by atoms with Gasteiger partial charge in [-0.05, 0) is 32.4 Å². The number of hydrogen-bond acceptors (Lipinski definition) is 5. The summed E-state index contributed by atoms with van der Waals surface area (Å²) in [5.74, 6) is -0.709. The lowest BCUT2D eigenvalue weighted by Crippen LogP contribution is -2.27. The fourth-order valence-electron chi connectivity index (χ4n) is 2.30. The fraction of sp³-hybridized carbons (Fsp3) is 0.412. The molecule has 0 saturated heterocycles. The molecule has 1 atom stereocenters. The maximum atomic E-state index is 12.4. The van der Waals surface area contributed by atoms with Gasteiger partial charge in [-0.3, -0.25) is 4.57 Å². The number of esters is 1. The smallest absolute Gasteiger partial charge is 0.419 e. The minimum atomic E-state index is -1.28. The number of hydrogen-bond donors (Lipinski definition) is 1. The Bertz CT molecular complexity index is 726. The van der Waals surface area contributed by atoms with Crippen molar-refractivity contribution in [1.82, 2.24) is 4.57 Å². The van der Waals surface area contributed by atoms with Crippen LogP contribution in [0.2, 0.25) is 0 Å². The molecule has 1 aromatic heterocycles. The molecule has 1 heterocycles. The molecule has 6 nitrogen and oxygen atoms in total. The van der Waals surface area contributed by atoms with E-state index in [1.165, 1.54) is 11.7 Å². The van der Waals surface area contributed by atoms with E-state index >= 15 is 0 Å². The number of rotatable bonds is 3. The van der Waals surface area contributed by atoms with E-state index in [9.17, 15) is 14.7 Å². The van der Waals surface area contributed by atoms with Gasteiger partial charge in [0.05, 0.1) is 12.6 Å². The van der Waals surface area contributed by atoms with Gasteiger partial charge in [0.1, 0.15) is 5.60 Å². The highest BCUT2D eigenvalue weighted by atomic mass is 16.6. The fourth-order valence-corrected chi connectivity index (χ4v) is 2.30. The van der Waals surface area contributed by atoms with Crippen LogP contribution in [0.15, 0.2) is 30.5 Å². The van der Waals surface area contributed by atoms with Gasteiger partial charge in [0.25, 0.3) is 0 Å². The molecule has 0 fully saturated rings. The normalized spacial score (nSPS) is 12.9. The van der Waals surface area contributed by atoms with Crippen molar-refractivity contribution in [2.24, 2.45) is 0 Å². The van der Waals surface area contributed by atoms with Crippen molar-refractivity contribution in [3.63, 3.8) is 0 Å². The minimum Gasteiger partial charge on any atom is -0.467 e. The topological polar surface area (TPSA) is 77.8 Å². The summed E-state index contributed by atoms with van der Waals surface area (Å²) in [5, 5.41) is 10.6. The van der Waals surface area contributed by atoms with Gasteiger partial charge in [0.2, 0.25) is 0 Å². The molecule has 1 N–H and O–H groups in total. The average molecular weight is 319 g/mol. The highest BCUT2D eigenvalue weighted by Gasteiger charge is 2.23. The second-order valence-corrected chi connectivity index (χ2v) is 6.26. The summed E-state index contributed by atoms with van der Waals surface area (Å²) >= 11 is 0. The molecular formula is C17H21NO5. The van der Waals surface area contributed by atoms with E-state index in [1.54, 1.807) is 33.0 Å². The van der Waals surface area contributed by atoms with Crippen LogP contribution in [0, 0.1) is 0 Å². The van der Waals surface area contributed by atoms with Crippen molar-refractivity contribution < 1.29 is 24.2 Å². The first-order valence-electron chi connectivity index (χ1n) is 7.31. The van der Waals surface area contributed by atoms with E-state index in [1.807, 2.05) is 18.2 Å². The lowest BCUT2D eigenvalue weighted by molar-refractivity contribution is -0.150. The summed E-state index contributed by atoms with van der Waals surface area (Å²) in [6, 6.07) is 7.25. The molecule has 23 heavy (non-hydrogen) atoms. The molecule has 0 amide bonds. The van der Waals surface area contributed by atoms with Gasteiger partial charge in [0, 0.05) is 18.0 Å². The van der Waals surface area contributed by atoms with Crippen molar-refractivity contribution >= 4 is 23.0 Å². The third kappa shape index (κ3) is 3.90. The van der Waals surface area contributed by atoms with Crippen LogP contribution in [0.25, 0.3) is 10.9 Å². The Morgan fingerprint density at radius 1 is 1.26 bits per heavy atom. The Balaban J connectivity index is 2.40. The van der Waals surface area contributed by atoms with Gasteiger partial charge < -0.3 is 14.6 Å². The van der Waals surface area contributed by atoms with Crippen LogP contribution in [0.5, 0.6) is 0 Å². The molecule has 124 valence electrons. The summed E-state index contributed by atoms with van der Waals surface area (Å²) in [4.78, 5) is 23.8. The van der Waals surface area contributed by atoms with Crippen LogP contribution in [0.4, 0.5) is 4.79 Å². The van der Waals surface area contributed by atoms with Crippen molar-refractivity contribution in [1.29, 1.82) is 0 Å². The maximum absolute atomic E-state index is 12.4. The number of aliphatic hydroxyl groups is 1. The highest BCUT2D eigenvalue weighted by molar-refractivity contribution is 5.92. The first-order chi connectivity index (χ1) is 10.7. The predicted molar refractivity (Wildman–Crippen MR) is 85.3 cm³/mol. The molecule has 0 radical (unpaired) electrons. The van der Waals surface area contributed by atoms with Gasteiger partial charge in [0.15, 0.2) is 6.10 Å². The average Bonchev–Trinajstić information content (AvgIpc) is 2.84. The molecule has 0 aliphatic rings. The summed E-state index contributed by atoms with van der Waals surface area (Å²) in [6.45, 7) is 5.37.